The molecule has 0 spiro atoms. The van der Waals surface area contributed by atoms with Gasteiger partial charge in [-0.05, 0) is 24.3 Å². The number of carbonyl (C=O) groups is 1. The monoisotopic (exact) mass is 332 g/mol. The third-order valence-corrected chi connectivity index (χ3v) is 3.00. The lowest BCUT2D eigenvalue weighted by atomic mass is 10.1. The van der Waals surface area contributed by atoms with Gasteiger partial charge in [-0.1, -0.05) is 13.8 Å². The molecule has 0 aliphatic carbocycles. The van der Waals surface area contributed by atoms with Gasteiger partial charge in [0, 0.05) is 25.3 Å². The zero-order valence-corrected chi connectivity index (χ0v) is 14.1. The Morgan fingerprint density at radius 2 is 1.83 bits per heavy atom. The van der Waals surface area contributed by atoms with E-state index < -0.39 is 5.85 Å². The van der Waals surface area contributed by atoms with E-state index in [4.69, 9.17) is 4.74 Å². The molecule has 0 fully saturated rings. The molecule has 0 aliphatic rings. The molecule has 0 atom stereocenters. The zero-order valence-electron chi connectivity index (χ0n) is 14.1. The lowest BCUT2D eigenvalue weighted by Crippen LogP contribution is -2.33. The Morgan fingerprint density at radius 1 is 1.17 bits per heavy atom. The van der Waals surface area contributed by atoms with Crippen molar-refractivity contribution in [3.05, 3.63) is 36.7 Å². The highest BCUT2D eigenvalue weighted by Gasteiger charge is 2.16. The van der Waals surface area contributed by atoms with Gasteiger partial charge in [0.15, 0.2) is 5.82 Å². The summed E-state index contributed by atoms with van der Waals surface area (Å²) in [6, 6.07) is 6.90. The average molecular weight is 332 g/mol. The summed E-state index contributed by atoms with van der Waals surface area (Å²) in [6.45, 7) is 6.28. The maximum atomic E-state index is 13.4. The lowest BCUT2D eigenvalue weighted by molar-refractivity contribution is -0.123. The number of hydrogen-bond acceptors (Lipinski definition) is 5. The second-order valence-electron chi connectivity index (χ2n) is 6.05. The van der Waals surface area contributed by atoms with Crippen LogP contribution in [-0.4, -0.2) is 21.7 Å². The summed E-state index contributed by atoms with van der Waals surface area (Å²) < 4.78 is 18.6. The molecule has 0 saturated carbocycles. The predicted octanol–water partition coefficient (Wildman–Crippen LogP) is 3.33. The van der Waals surface area contributed by atoms with Gasteiger partial charge >= 0.3 is 0 Å². The molecule has 1 amide bonds. The third-order valence-electron chi connectivity index (χ3n) is 3.00. The second kappa shape index (κ2) is 7.25. The van der Waals surface area contributed by atoms with Gasteiger partial charge in [0.2, 0.25) is 11.8 Å². The number of alkyl halides is 1. The highest BCUT2D eigenvalue weighted by molar-refractivity contribution is 5.78. The summed E-state index contributed by atoms with van der Waals surface area (Å²) in [7, 11) is 0. The standard InChI is InChI=1S/C17H21FN4O2/c1-11(2)16(23)22-21-15-10-19-14(9-20-15)12-5-7-13(8-6-12)24-17(3,4)18/h5-11H,1-4H3,(H,20,21)(H,22,23). The van der Waals surface area contributed by atoms with E-state index in [1.165, 1.54) is 20.0 Å². The Morgan fingerprint density at radius 3 is 2.33 bits per heavy atom. The van der Waals surface area contributed by atoms with Gasteiger partial charge in [-0.2, -0.15) is 4.39 Å². The van der Waals surface area contributed by atoms with Gasteiger partial charge in [-0.3, -0.25) is 20.6 Å². The number of nitrogens with zero attached hydrogens (tertiary/aromatic N) is 2. The minimum atomic E-state index is -1.73. The van der Waals surface area contributed by atoms with Gasteiger partial charge < -0.3 is 4.74 Å². The number of aromatic nitrogens is 2. The number of benzene rings is 1. The molecule has 24 heavy (non-hydrogen) atoms. The highest BCUT2D eigenvalue weighted by Crippen LogP contribution is 2.23. The molecule has 7 heteroatoms. The maximum absolute atomic E-state index is 13.4. The maximum Gasteiger partial charge on any atom is 0.242 e. The van der Waals surface area contributed by atoms with Gasteiger partial charge in [-0.25, -0.2) is 4.98 Å². The third kappa shape index (κ3) is 5.19. The smallest absolute Gasteiger partial charge is 0.242 e. The SMILES string of the molecule is CC(C)C(=O)NNc1cnc(-c2ccc(OC(C)(C)F)cc2)cn1. The summed E-state index contributed by atoms with van der Waals surface area (Å²) in [5.74, 6) is -1.11. The van der Waals surface area contributed by atoms with E-state index in [9.17, 15) is 9.18 Å². The van der Waals surface area contributed by atoms with Crippen molar-refractivity contribution < 1.29 is 13.9 Å². The van der Waals surface area contributed by atoms with Crippen LogP contribution in [0, 0.1) is 5.92 Å². The van der Waals surface area contributed by atoms with Crippen LogP contribution in [0.15, 0.2) is 36.7 Å². The van der Waals surface area contributed by atoms with Crippen LogP contribution in [0.25, 0.3) is 11.3 Å². The molecule has 1 aromatic carbocycles. The molecular formula is C17H21FN4O2. The fourth-order valence-electron chi connectivity index (χ4n) is 1.79. The number of hydrazine groups is 1. The molecule has 128 valence electrons. The first-order chi connectivity index (χ1) is 11.2. The van der Waals surface area contributed by atoms with Crippen molar-refractivity contribution in [2.24, 2.45) is 5.92 Å². The van der Waals surface area contributed by atoms with Crippen molar-refractivity contribution in [2.45, 2.75) is 33.5 Å². The molecular weight excluding hydrogens is 311 g/mol. The largest absolute Gasteiger partial charge is 0.459 e. The topological polar surface area (TPSA) is 76.1 Å². The van der Waals surface area contributed by atoms with Gasteiger partial charge in [0.25, 0.3) is 0 Å². The first-order valence-corrected chi connectivity index (χ1v) is 7.61. The van der Waals surface area contributed by atoms with E-state index >= 15 is 0 Å². The molecule has 6 nitrogen and oxygen atoms in total. The van der Waals surface area contributed by atoms with Crippen LogP contribution in [-0.2, 0) is 4.79 Å². The predicted molar refractivity (Wildman–Crippen MR) is 89.9 cm³/mol. The Balaban J connectivity index is 2.01. The van der Waals surface area contributed by atoms with E-state index in [-0.39, 0.29) is 11.8 Å². The number of halogens is 1. The second-order valence-corrected chi connectivity index (χ2v) is 6.05. The number of nitrogens with one attached hydrogen (secondary N) is 2. The van der Waals surface area contributed by atoms with Crippen molar-refractivity contribution in [2.75, 3.05) is 5.43 Å². The fraction of sp³-hybridized carbons (Fsp3) is 0.353. The molecule has 2 rings (SSSR count). The molecule has 0 aliphatic heterocycles. The number of ether oxygens (including phenoxy) is 1. The Hall–Kier alpha value is -2.70. The molecule has 2 N–H and O–H groups in total. The number of anilines is 1. The summed E-state index contributed by atoms with van der Waals surface area (Å²) >= 11 is 0. The van der Waals surface area contributed by atoms with Crippen molar-refractivity contribution in [1.29, 1.82) is 0 Å². The van der Waals surface area contributed by atoms with Crippen LogP contribution < -0.4 is 15.6 Å². The molecule has 0 saturated heterocycles. The van der Waals surface area contributed by atoms with Crippen LogP contribution in [0.4, 0.5) is 10.2 Å². The van der Waals surface area contributed by atoms with Crippen LogP contribution >= 0.6 is 0 Å². The minimum Gasteiger partial charge on any atom is -0.459 e. The number of rotatable bonds is 6. The van der Waals surface area contributed by atoms with Crippen molar-refractivity contribution in [3.8, 4) is 17.0 Å². The summed E-state index contributed by atoms with van der Waals surface area (Å²) in [5.41, 5.74) is 6.73. The number of carbonyl (C=O) groups excluding carboxylic acids is 1. The fourth-order valence-corrected chi connectivity index (χ4v) is 1.79. The van der Waals surface area contributed by atoms with Gasteiger partial charge in [0.1, 0.15) is 5.75 Å². The normalized spacial score (nSPS) is 11.2. The van der Waals surface area contributed by atoms with Crippen molar-refractivity contribution >= 4 is 11.7 Å². The van der Waals surface area contributed by atoms with Gasteiger partial charge in [-0.15, -0.1) is 0 Å². The summed E-state index contributed by atoms with van der Waals surface area (Å²) in [4.78, 5) is 19.9. The van der Waals surface area contributed by atoms with Crippen molar-refractivity contribution in [1.82, 2.24) is 15.4 Å². The Kier molecular flexibility index (Phi) is 5.33. The molecule has 0 unspecified atom stereocenters. The highest BCUT2D eigenvalue weighted by atomic mass is 19.2. The van der Waals surface area contributed by atoms with E-state index in [0.29, 0.717) is 17.3 Å². The minimum absolute atomic E-state index is 0.125. The van der Waals surface area contributed by atoms with Gasteiger partial charge in [0.05, 0.1) is 18.1 Å². The molecule has 1 heterocycles. The Bertz CT molecular complexity index is 679. The van der Waals surface area contributed by atoms with E-state index in [2.05, 4.69) is 20.8 Å². The Labute approximate surface area is 140 Å². The van der Waals surface area contributed by atoms with Crippen LogP contribution in [0.3, 0.4) is 0 Å². The first kappa shape index (κ1) is 17.7. The van der Waals surface area contributed by atoms with Crippen LogP contribution in [0.2, 0.25) is 0 Å². The molecule has 0 bridgehead atoms. The van der Waals surface area contributed by atoms with E-state index in [1.54, 1.807) is 44.3 Å². The average Bonchev–Trinajstić information content (AvgIpc) is 2.52. The van der Waals surface area contributed by atoms with Crippen molar-refractivity contribution in [3.63, 3.8) is 0 Å². The zero-order chi connectivity index (χ0) is 17.7. The van der Waals surface area contributed by atoms with Crippen LogP contribution in [0.5, 0.6) is 5.75 Å². The summed E-state index contributed by atoms with van der Waals surface area (Å²) in [5, 5.41) is 0. The van der Waals surface area contributed by atoms with Crippen LogP contribution in [0.1, 0.15) is 27.7 Å². The molecule has 2 aromatic rings. The number of hydrogen-bond donors (Lipinski definition) is 2. The summed E-state index contributed by atoms with van der Waals surface area (Å²) in [6.07, 6.45) is 3.10. The van der Waals surface area contributed by atoms with E-state index in [0.717, 1.165) is 5.56 Å². The van der Waals surface area contributed by atoms with E-state index in [1.807, 2.05) is 0 Å². The molecule has 1 aromatic heterocycles. The molecule has 0 radical (unpaired) electrons. The first-order valence-electron chi connectivity index (χ1n) is 7.61. The quantitative estimate of drug-likeness (QED) is 0.794. The lowest BCUT2D eigenvalue weighted by Gasteiger charge is -2.17. The number of amides is 1.